The molecular weight excluding hydrogens is 244 g/mol. The van der Waals surface area contributed by atoms with Gasteiger partial charge in [-0.15, -0.1) is 0 Å². The van der Waals surface area contributed by atoms with Crippen molar-refractivity contribution in [2.45, 2.75) is 65.1 Å². The highest BCUT2D eigenvalue weighted by molar-refractivity contribution is 5.52. The molecule has 2 fully saturated rings. The van der Waals surface area contributed by atoms with Crippen LogP contribution in [0.25, 0.3) is 0 Å². The minimum Gasteiger partial charge on any atom is -0.368 e. The van der Waals surface area contributed by atoms with Gasteiger partial charge >= 0.3 is 0 Å². The first-order chi connectivity index (χ1) is 9.63. The summed E-state index contributed by atoms with van der Waals surface area (Å²) in [4.78, 5) is 2.62. The molecule has 0 amide bonds. The molecule has 110 valence electrons. The number of hydrogen-bond acceptors (Lipinski definition) is 2. The molecule has 0 aliphatic heterocycles. The molecule has 2 heteroatoms. The number of rotatable bonds is 7. The van der Waals surface area contributed by atoms with E-state index in [0.29, 0.717) is 0 Å². The summed E-state index contributed by atoms with van der Waals surface area (Å²) >= 11 is 0. The van der Waals surface area contributed by atoms with E-state index >= 15 is 0 Å². The van der Waals surface area contributed by atoms with Crippen molar-refractivity contribution in [2.75, 3.05) is 11.4 Å². The largest absolute Gasteiger partial charge is 0.368 e. The van der Waals surface area contributed by atoms with Crippen LogP contribution in [0, 0.1) is 12.8 Å². The third-order valence-electron chi connectivity index (χ3n) is 4.37. The minimum atomic E-state index is 0.729. The number of benzene rings is 1. The molecule has 0 atom stereocenters. The van der Waals surface area contributed by atoms with Gasteiger partial charge in [0, 0.05) is 30.9 Å². The lowest BCUT2D eigenvalue weighted by Crippen LogP contribution is -2.29. The average molecular weight is 272 g/mol. The Morgan fingerprint density at radius 2 is 1.95 bits per heavy atom. The zero-order valence-corrected chi connectivity index (χ0v) is 13.2. The van der Waals surface area contributed by atoms with Gasteiger partial charge in [-0.1, -0.05) is 19.9 Å². The molecule has 0 bridgehead atoms. The van der Waals surface area contributed by atoms with Gasteiger partial charge < -0.3 is 10.2 Å². The summed E-state index contributed by atoms with van der Waals surface area (Å²) in [7, 11) is 0. The lowest BCUT2D eigenvalue weighted by molar-refractivity contribution is 0.607. The molecule has 3 rings (SSSR count). The fourth-order valence-electron chi connectivity index (χ4n) is 2.84. The van der Waals surface area contributed by atoms with Crippen molar-refractivity contribution in [1.82, 2.24) is 5.32 Å². The molecule has 1 aromatic carbocycles. The molecule has 1 N–H and O–H groups in total. The van der Waals surface area contributed by atoms with Crippen molar-refractivity contribution in [3.63, 3.8) is 0 Å². The van der Waals surface area contributed by atoms with Crippen LogP contribution in [0.2, 0.25) is 0 Å². The number of aryl methyl sites for hydroxylation is 1. The van der Waals surface area contributed by atoms with E-state index in [-0.39, 0.29) is 0 Å². The smallest absolute Gasteiger partial charge is 0.0371 e. The predicted octanol–water partition coefficient (Wildman–Crippen LogP) is 3.87. The Bertz CT molecular complexity index is 458. The minimum absolute atomic E-state index is 0.729. The lowest BCUT2D eigenvalue weighted by atomic mass is 10.1. The SMILES string of the molecule is Cc1cc(N(CC(C)C)C2CC2)ccc1CNC1CC1. The predicted molar refractivity (Wildman–Crippen MR) is 86.2 cm³/mol. The number of nitrogens with one attached hydrogen (secondary N) is 1. The number of anilines is 1. The summed E-state index contributed by atoms with van der Waals surface area (Å²) in [6.45, 7) is 9.11. The standard InChI is InChI=1S/C18H28N2/c1-13(2)12-20(17-8-9-17)18-7-4-15(14(3)10-18)11-19-16-5-6-16/h4,7,10,13,16-17,19H,5-6,8-9,11-12H2,1-3H3. The van der Waals surface area contributed by atoms with Crippen molar-refractivity contribution < 1.29 is 0 Å². The summed E-state index contributed by atoms with van der Waals surface area (Å²) < 4.78 is 0. The summed E-state index contributed by atoms with van der Waals surface area (Å²) in [5.41, 5.74) is 4.32. The van der Waals surface area contributed by atoms with Crippen molar-refractivity contribution in [3.05, 3.63) is 29.3 Å². The third-order valence-corrected chi connectivity index (χ3v) is 4.37. The molecule has 2 saturated carbocycles. The lowest BCUT2D eigenvalue weighted by Gasteiger charge is -2.27. The molecule has 0 radical (unpaired) electrons. The van der Waals surface area contributed by atoms with Gasteiger partial charge in [0.25, 0.3) is 0 Å². The average Bonchev–Trinajstić information content (AvgIpc) is 3.27. The second-order valence-corrected chi connectivity index (χ2v) is 7.04. The van der Waals surface area contributed by atoms with Gasteiger partial charge in [0.1, 0.15) is 0 Å². The van der Waals surface area contributed by atoms with E-state index in [4.69, 9.17) is 0 Å². The van der Waals surface area contributed by atoms with Crippen LogP contribution in [0.15, 0.2) is 18.2 Å². The molecule has 2 aliphatic rings. The number of nitrogens with zero attached hydrogens (tertiary/aromatic N) is 1. The molecular formula is C18H28N2. The van der Waals surface area contributed by atoms with Gasteiger partial charge in [-0.3, -0.25) is 0 Å². The third kappa shape index (κ3) is 3.54. The van der Waals surface area contributed by atoms with Gasteiger partial charge in [0.2, 0.25) is 0 Å². The highest BCUT2D eigenvalue weighted by Crippen LogP contribution is 2.33. The Kier molecular flexibility index (Phi) is 4.02. The topological polar surface area (TPSA) is 15.3 Å². The highest BCUT2D eigenvalue weighted by atomic mass is 15.2. The van der Waals surface area contributed by atoms with Crippen molar-refractivity contribution in [2.24, 2.45) is 5.92 Å². The fourth-order valence-corrected chi connectivity index (χ4v) is 2.84. The maximum absolute atomic E-state index is 3.62. The molecule has 2 aliphatic carbocycles. The van der Waals surface area contributed by atoms with Gasteiger partial charge in [-0.05, 0) is 61.8 Å². The second kappa shape index (κ2) is 5.77. The summed E-state index contributed by atoms with van der Waals surface area (Å²) in [5.74, 6) is 0.729. The van der Waals surface area contributed by atoms with E-state index in [0.717, 1.165) is 24.5 Å². The van der Waals surface area contributed by atoms with Crippen LogP contribution in [0.1, 0.15) is 50.7 Å². The fraction of sp³-hybridized carbons (Fsp3) is 0.667. The van der Waals surface area contributed by atoms with Gasteiger partial charge in [0.05, 0.1) is 0 Å². The molecule has 20 heavy (non-hydrogen) atoms. The van der Waals surface area contributed by atoms with Crippen molar-refractivity contribution in [1.29, 1.82) is 0 Å². The Morgan fingerprint density at radius 3 is 2.50 bits per heavy atom. The number of hydrogen-bond donors (Lipinski definition) is 1. The Hall–Kier alpha value is -1.02. The van der Waals surface area contributed by atoms with Gasteiger partial charge in [-0.2, -0.15) is 0 Å². The van der Waals surface area contributed by atoms with Crippen LogP contribution in [0.5, 0.6) is 0 Å². The molecule has 1 aromatic rings. The van der Waals surface area contributed by atoms with E-state index in [9.17, 15) is 0 Å². The second-order valence-electron chi connectivity index (χ2n) is 7.04. The van der Waals surface area contributed by atoms with Crippen LogP contribution in [0.4, 0.5) is 5.69 Å². The highest BCUT2D eigenvalue weighted by Gasteiger charge is 2.29. The Labute approximate surface area is 123 Å². The van der Waals surface area contributed by atoms with E-state index in [2.05, 4.69) is 49.2 Å². The molecule has 0 spiro atoms. The van der Waals surface area contributed by atoms with Gasteiger partial charge in [0.15, 0.2) is 0 Å². The van der Waals surface area contributed by atoms with Crippen LogP contribution in [0.3, 0.4) is 0 Å². The zero-order chi connectivity index (χ0) is 14.1. The first-order valence-corrected chi connectivity index (χ1v) is 8.23. The normalized spacial score (nSPS) is 18.6. The summed E-state index contributed by atoms with van der Waals surface area (Å²) in [5, 5.41) is 3.62. The molecule has 0 saturated heterocycles. The molecule has 0 unspecified atom stereocenters. The maximum atomic E-state index is 3.62. The van der Waals surface area contributed by atoms with Crippen molar-refractivity contribution >= 4 is 5.69 Å². The van der Waals surface area contributed by atoms with Crippen LogP contribution in [-0.4, -0.2) is 18.6 Å². The first-order valence-electron chi connectivity index (χ1n) is 8.23. The van der Waals surface area contributed by atoms with Gasteiger partial charge in [-0.25, -0.2) is 0 Å². The van der Waals surface area contributed by atoms with Crippen LogP contribution >= 0.6 is 0 Å². The first kappa shape index (κ1) is 13.9. The molecule has 2 nitrogen and oxygen atoms in total. The molecule has 0 heterocycles. The zero-order valence-electron chi connectivity index (χ0n) is 13.2. The Balaban J connectivity index is 1.70. The van der Waals surface area contributed by atoms with E-state index in [1.807, 2.05) is 0 Å². The van der Waals surface area contributed by atoms with Crippen molar-refractivity contribution in [3.8, 4) is 0 Å². The van der Waals surface area contributed by atoms with Crippen LogP contribution in [-0.2, 0) is 6.54 Å². The monoisotopic (exact) mass is 272 g/mol. The Morgan fingerprint density at radius 1 is 1.20 bits per heavy atom. The summed E-state index contributed by atoms with van der Waals surface area (Å²) in [6, 6.07) is 8.64. The summed E-state index contributed by atoms with van der Waals surface area (Å²) in [6.07, 6.45) is 5.47. The van der Waals surface area contributed by atoms with E-state index < -0.39 is 0 Å². The molecule has 0 aromatic heterocycles. The van der Waals surface area contributed by atoms with E-state index in [1.165, 1.54) is 49.0 Å². The van der Waals surface area contributed by atoms with Crippen LogP contribution < -0.4 is 10.2 Å². The maximum Gasteiger partial charge on any atom is 0.0371 e. The quantitative estimate of drug-likeness (QED) is 0.810. The van der Waals surface area contributed by atoms with E-state index in [1.54, 1.807) is 0 Å².